The summed E-state index contributed by atoms with van der Waals surface area (Å²) in [6.45, 7) is 6.30. The molecule has 9 nitrogen and oxygen atoms in total. The zero-order valence-corrected chi connectivity index (χ0v) is 21.0. The highest BCUT2D eigenvalue weighted by Crippen LogP contribution is 2.57. The number of fused-ring (bicyclic) bond motifs is 3. The van der Waals surface area contributed by atoms with Gasteiger partial charge in [0, 0.05) is 36.8 Å². The van der Waals surface area contributed by atoms with Gasteiger partial charge in [0.05, 0.1) is 11.1 Å². The first-order valence-corrected chi connectivity index (χ1v) is 11.8. The number of allylic oxidation sites excluding steroid dienone is 4. The van der Waals surface area contributed by atoms with Gasteiger partial charge in [0.1, 0.15) is 34.0 Å². The topological polar surface area (TPSA) is 142 Å². The molecular weight excluding hydrogens is 476 g/mol. The number of phenolic OH excluding ortho intramolecular Hbond substituents is 2. The predicted octanol–water partition coefficient (Wildman–Crippen LogP) is 2.86. The van der Waals surface area contributed by atoms with E-state index in [0.29, 0.717) is 6.54 Å². The molecule has 4 N–H and O–H groups in total. The largest absolute Gasteiger partial charge is 0.507 e. The molecule has 2 aromatic carbocycles. The van der Waals surface area contributed by atoms with Crippen molar-refractivity contribution in [3.63, 3.8) is 0 Å². The van der Waals surface area contributed by atoms with E-state index in [4.69, 9.17) is 4.74 Å². The maximum Gasteiger partial charge on any atom is 0.222 e. The molecule has 1 heterocycles. The van der Waals surface area contributed by atoms with Crippen LogP contribution in [0.1, 0.15) is 54.2 Å². The highest BCUT2D eigenvalue weighted by molar-refractivity contribution is 6.31. The molecule has 9 heteroatoms. The Labute approximate surface area is 213 Å². The van der Waals surface area contributed by atoms with Gasteiger partial charge in [-0.05, 0) is 33.3 Å². The number of nitrogens with one attached hydrogen (secondary N) is 2. The number of benzene rings is 2. The lowest BCUT2D eigenvalue weighted by molar-refractivity contribution is -0.124. The molecule has 2 aromatic rings. The van der Waals surface area contributed by atoms with Gasteiger partial charge in [0.15, 0.2) is 17.3 Å². The lowest BCUT2D eigenvalue weighted by Crippen LogP contribution is -2.41. The van der Waals surface area contributed by atoms with E-state index in [1.807, 2.05) is 30.3 Å². The normalized spacial score (nSPS) is 19.4. The first kappa shape index (κ1) is 25.7. The van der Waals surface area contributed by atoms with Gasteiger partial charge in [-0.1, -0.05) is 30.3 Å². The number of carbonyl (C=O) groups excluding carboxylic acids is 4. The summed E-state index contributed by atoms with van der Waals surface area (Å²) in [5.41, 5.74) is -0.580. The predicted molar refractivity (Wildman–Crippen MR) is 134 cm³/mol. The Hall–Kier alpha value is -4.40. The second-order valence-corrected chi connectivity index (χ2v) is 9.33. The van der Waals surface area contributed by atoms with Crippen molar-refractivity contribution in [2.45, 2.75) is 46.1 Å². The minimum atomic E-state index is -1.58. The molecule has 0 bridgehead atoms. The van der Waals surface area contributed by atoms with Crippen LogP contribution in [-0.4, -0.2) is 40.0 Å². The first-order chi connectivity index (χ1) is 17.5. The smallest absolute Gasteiger partial charge is 0.222 e. The highest BCUT2D eigenvalue weighted by Gasteiger charge is 2.56. The third kappa shape index (κ3) is 4.26. The van der Waals surface area contributed by atoms with Crippen LogP contribution in [0.25, 0.3) is 0 Å². The fourth-order valence-electron chi connectivity index (χ4n) is 4.70. The van der Waals surface area contributed by atoms with Gasteiger partial charge in [-0.15, -0.1) is 0 Å². The maximum atomic E-state index is 13.8. The fraction of sp³-hybridized carbons (Fsp3) is 0.286. The van der Waals surface area contributed by atoms with Crippen molar-refractivity contribution >= 4 is 23.3 Å². The summed E-state index contributed by atoms with van der Waals surface area (Å²) >= 11 is 0. The van der Waals surface area contributed by atoms with Crippen LogP contribution >= 0.6 is 0 Å². The van der Waals surface area contributed by atoms with Gasteiger partial charge in [-0.25, -0.2) is 0 Å². The summed E-state index contributed by atoms with van der Waals surface area (Å²) in [6, 6.07) is 9.47. The number of phenols is 2. The summed E-state index contributed by atoms with van der Waals surface area (Å²) in [7, 11) is 0. The Bertz CT molecular complexity index is 1410. The molecule has 1 aliphatic heterocycles. The van der Waals surface area contributed by atoms with Gasteiger partial charge < -0.3 is 25.6 Å². The Morgan fingerprint density at radius 3 is 2.35 bits per heavy atom. The molecule has 1 amide bonds. The number of hydrogen-bond donors (Lipinski definition) is 4. The van der Waals surface area contributed by atoms with Crippen molar-refractivity contribution in [2.75, 3.05) is 6.54 Å². The first-order valence-electron chi connectivity index (χ1n) is 11.8. The van der Waals surface area contributed by atoms with Crippen LogP contribution in [0.5, 0.6) is 17.2 Å². The molecular formula is C28H28N2O7. The van der Waals surface area contributed by atoms with Crippen molar-refractivity contribution in [2.24, 2.45) is 0 Å². The van der Waals surface area contributed by atoms with Crippen LogP contribution < -0.4 is 15.4 Å². The highest BCUT2D eigenvalue weighted by atomic mass is 16.5. The number of amides is 1. The van der Waals surface area contributed by atoms with Gasteiger partial charge in [0.2, 0.25) is 5.91 Å². The maximum absolute atomic E-state index is 13.8. The summed E-state index contributed by atoms with van der Waals surface area (Å²) in [4.78, 5) is 51.2. The van der Waals surface area contributed by atoms with Crippen molar-refractivity contribution in [1.82, 2.24) is 10.6 Å². The van der Waals surface area contributed by atoms with E-state index in [1.165, 1.54) is 20.8 Å². The van der Waals surface area contributed by atoms with Crippen LogP contribution in [0.3, 0.4) is 0 Å². The van der Waals surface area contributed by atoms with Crippen molar-refractivity contribution in [3.8, 4) is 17.2 Å². The number of aromatic hydroxyl groups is 2. The molecule has 0 saturated heterocycles. The molecule has 4 rings (SSSR count). The zero-order chi connectivity index (χ0) is 27.1. The summed E-state index contributed by atoms with van der Waals surface area (Å²) < 4.78 is 5.75. The quantitative estimate of drug-likeness (QED) is 0.256. The molecule has 0 spiro atoms. The van der Waals surface area contributed by atoms with Crippen LogP contribution in [-0.2, 0) is 26.3 Å². The lowest BCUT2D eigenvalue weighted by Gasteiger charge is -2.29. The summed E-state index contributed by atoms with van der Waals surface area (Å²) in [5, 5.41) is 27.1. The van der Waals surface area contributed by atoms with E-state index in [-0.39, 0.29) is 64.1 Å². The molecule has 0 saturated carbocycles. The molecule has 1 atom stereocenters. The summed E-state index contributed by atoms with van der Waals surface area (Å²) in [5.74, 6) is -2.93. The standard InChI is InChI=1S/C28H28N2O7/c1-14-24(34)22(16(3)31)26-23(25(14)35)28(4)19(37-26)12-18(32)21(27(28)36)15(2)29-11-10-20(33)30-13-17-8-6-5-7-9-17/h5-9,12,29,34-35H,10-11,13H2,1-4H3,(H,30,33)/b21-15+/t28-/m1/s1. The molecule has 37 heavy (non-hydrogen) atoms. The molecule has 1 aliphatic carbocycles. The average molecular weight is 505 g/mol. The van der Waals surface area contributed by atoms with Crippen LogP contribution in [0.4, 0.5) is 0 Å². The number of carbonyl (C=O) groups is 4. The average Bonchev–Trinajstić information content (AvgIpc) is 3.14. The van der Waals surface area contributed by atoms with E-state index in [2.05, 4.69) is 10.6 Å². The lowest BCUT2D eigenvalue weighted by atomic mass is 9.70. The molecule has 0 unspecified atom stereocenters. The minimum absolute atomic E-state index is 0.0293. The third-order valence-corrected chi connectivity index (χ3v) is 6.83. The molecule has 0 radical (unpaired) electrons. The SMILES string of the molecule is CC(=O)c1c(O)c(C)c(O)c2c1OC1=CC(=O)/C(=C(/C)NCCC(=O)NCc3ccccc3)C(=O)[C@]12C. The number of hydrogen-bond acceptors (Lipinski definition) is 8. The van der Waals surface area contributed by atoms with Crippen LogP contribution in [0, 0.1) is 6.92 Å². The van der Waals surface area contributed by atoms with Crippen molar-refractivity contribution in [3.05, 3.63) is 75.7 Å². The van der Waals surface area contributed by atoms with Gasteiger partial charge >= 0.3 is 0 Å². The summed E-state index contributed by atoms with van der Waals surface area (Å²) in [6.07, 6.45) is 1.27. The molecule has 0 aromatic heterocycles. The van der Waals surface area contributed by atoms with Gasteiger partial charge in [0.25, 0.3) is 0 Å². The number of ether oxygens (including phenoxy) is 1. The zero-order valence-electron chi connectivity index (χ0n) is 21.0. The molecule has 2 aliphatic rings. The number of Topliss-reactive ketones (excluding diaryl/α,β-unsaturated/α-hetero) is 2. The Balaban J connectivity index is 1.57. The monoisotopic (exact) mass is 504 g/mol. The number of ketones is 3. The van der Waals surface area contributed by atoms with Crippen LogP contribution in [0.15, 0.2) is 53.4 Å². The van der Waals surface area contributed by atoms with Gasteiger partial charge in [-0.2, -0.15) is 0 Å². The fourth-order valence-corrected chi connectivity index (χ4v) is 4.70. The third-order valence-electron chi connectivity index (χ3n) is 6.83. The van der Waals surface area contributed by atoms with E-state index < -0.39 is 28.5 Å². The van der Waals surface area contributed by atoms with E-state index in [9.17, 15) is 29.4 Å². The molecule has 192 valence electrons. The van der Waals surface area contributed by atoms with E-state index >= 15 is 0 Å². The van der Waals surface area contributed by atoms with Gasteiger partial charge in [-0.3, -0.25) is 19.2 Å². The Morgan fingerprint density at radius 1 is 1.03 bits per heavy atom. The minimum Gasteiger partial charge on any atom is -0.507 e. The van der Waals surface area contributed by atoms with Crippen LogP contribution in [0.2, 0.25) is 0 Å². The Morgan fingerprint density at radius 2 is 1.70 bits per heavy atom. The van der Waals surface area contributed by atoms with Crippen molar-refractivity contribution in [1.29, 1.82) is 0 Å². The van der Waals surface area contributed by atoms with E-state index in [1.54, 1.807) is 6.92 Å². The second kappa shape index (κ2) is 9.57. The van der Waals surface area contributed by atoms with E-state index in [0.717, 1.165) is 11.6 Å². The van der Waals surface area contributed by atoms with Crippen molar-refractivity contribution < 1.29 is 34.1 Å². The number of rotatable bonds is 7. The second-order valence-electron chi connectivity index (χ2n) is 9.33. The Kier molecular flexibility index (Phi) is 6.64. The molecule has 0 fully saturated rings.